The first-order valence-corrected chi connectivity index (χ1v) is 7.14. The minimum atomic E-state index is -0.248. The van der Waals surface area contributed by atoms with Crippen LogP contribution in [0.5, 0.6) is 5.75 Å². The maximum atomic E-state index is 5.87. The van der Waals surface area contributed by atoms with Gasteiger partial charge in [0.2, 0.25) is 0 Å². The predicted molar refractivity (Wildman–Crippen MR) is 77.6 cm³/mol. The van der Waals surface area contributed by atoms with Gasteiger partial charge in [0.15, 0.2) is 0 Å². The summed E-state index contributed by atoms with van der Waals surface area (Å²) in [5, 5.41) is 3.36. The molecule has 0 saturated heterocycles. The van der Waals surface area contributed by atoms with Crippen LogP contribution in [-0.4, -0.2) is 25.4 Å². The molecular formula is C16H25NO2. The smallest absolute Gasteiger partial charge is 0.120 e. The molecule has 3 heteroatoms. The molecule has 1 aliphatic rings. The minimum absolute atomic E-state index is 0.148. The third kappa shape index (κ3) is 3.71. The van der Waals surface area contributed by atoms with Gasteiger partial charge in [-0.05, 0) is 58.4 Å². The standard InChI is InChI=1S/C16H25NO2/c1-5-18-16(2,3)15(17-4)12-7-6-8-14(11-12)19-13-9-10-13/h6-8,11,13,15,17H,5,9-10H2,1-4H3. The summed E-state index contributed by atoms with van der Waals surface area (Å²) in [6.07, 6.45) is 2.80. The largest absolute Gasteiger partial charge is 0.490 e. The summed E-state index contributed by atoms with van der Waals surface area (Å²) >= 11 is 0. The third-order valence-electron chi connectivity index (χ3n) is 3.52. The average molecular weight is 263 g/mol. The normalized spacial score (nSPS) is 17.3. The number of benzene rings is 1. The second-order valence-corrected chi connectivity index (χ2v) is 5.65. The van der Waals surface area contributed by atoms with E-state index in [1.165, 1.54) is 18.4 Å². The lowest BCUT2D eigenvalue weighted by molar-refractivity contribution is -0.0375. The monoisotopic (exact) mass is 263 g/mol. The molecule has 0 radical (unpaired) electrons. The molecule has 1 aliphatic carbocycles. The van der Waals surface area contributed by atoms with E-state index in [9.17, 15) is 0 Å². The molecule has 1 N–H and O–H groups in total. The van der Waals surface area contributed by atoms with Gasteiger partial charge in [-0.1, -0.05) is 12.1 Å². The Hall–Kier alpha value is -1.06. The zero-order valence-corrected chi connectivity index (χ0v) is 12.4. The number of hydrogen-bond donors (Lipinski definition) is 1. The number of hydrogen-bond acceptors (Lipinski definition) is 3. The molecule has 1 aromatic carbocycles. The first-order valence-electron chi connectivity index (χ1n) is 7.14. The van der Waals surface area contributed by atoms with E-state index in [4.69, 9.17) is 9.47 Å². The van der Waals surface area contributed by atoms with E-state index in [0.29, 0.717) is 12.7 Å². The van der Waals surface area contributed by atoms with Crippen molar-refractivity contribution in [2.24, 2.45) is 0 Å². The van der Waals surface area contributed by atoms with Crippen molar-refractivity contribution in [3.63, 3.8) is 0 Å². The lowest BCUT2D eigenvalue weighted by Gasteiger charge is -2.34. The molecule has 0 amide bonds. The maximum Gasteiger partial charge on any atom is 0.120 e. The summed E-state index contributed by atoms with van der Waals surface area (Å²) in [6.45, 7) is 6.97. The second kappa shape index (κ2) is 5.93. The second-order valence-electron chi connectivity index (χ2n) is 5.65. The van der Waals surface area contributed by atoms with E-state index >= 15 is 0 Å². The summed E-state index contributed by atoms with van der Waals surface area (Å²) < 4.78 is 11.7. The Labute approximate surface area is 116 Å². The van der Waals surface area contributed by atoms with Gasteiger partial charge < -0.3 is 14.8 Å². The van der Waals surface area contributed by atoms with Gasteiger partial charge in [-0.15, -0.1) is 0 Å². The molecule has 0 aromatic heterocycles. The summed E-state index contributed by atoms with van der Waals surface area (Å²) in [7, 11) is 1.97. The molecule has 106 valence electrons. The van der Waals surface area contributed by atoms with E-state index in [0.717, 1.165) is 5.75 Å². The Morgan fingerprint density at radius 2 is 2.11 bits per heavy atom. The molecule has 1 atom stereocenters. The molecule has 0 spiro atoms. The Bertz CT molecular complexity index is 413. The quantitative estimate of drug-likeness (QED) is 0.818. The van der Waals surface area contributed by atoms with Gasteiger partial charge in [-0.2, -0.15) is 0 Å². The highest BCUT2D eigenvalue weighted by atomic mass is 16.5. The fourth-order valence-electron chi connectivity index (χ4n) is 2.52. The maximum absolute atomic E-state index is 5.87. The van der Waals surface area contributed by atoms with Crippen LogP contribution in [0.15, 0.2) is 24.3 Å². The van der Waals surface area contributed by atoms with Crippen molar-refractivity contribution in [2.45, 2.75) is 51.4 Å². The Morgan fingerprint density at radius 3 is 2.68 bits per heavy atom. The topological polar surface area (TPSA) is 30.5 Å². The van der Waals surface area contributed by atoms with E-state index in [1.54, 1.807) is 0 Å². The minimum Gasteiger partial charge on any atom is -0.490 e. The van der Waals surface area contributed by atoms with Crippen LogP contribution >= 0.6 is 0 Å². The van der Waals surface area contributed by atoms with Crippen molar-refractivity contribution in [1.29, 1.82) is 0 Å². The van der Waals surface area contributed by atoms with Crippen molar-refractivity contribution in [3.8, 4) is 5.75 Å². The molecule has 0 heterocycles. The van der Waals surface area contributed by atoms with E-state index < -0.39 is 0 Å². The molecular weight excluding hydrogens is 238 g/mol. The van der Waals surface area contributed by atoms with Gasteiger partial charge in [0.05, 0.1) is 17.7 Å². The SMILES string of the molecule is CCOC(C)(C)C(NC)c1cccc(OC2CC2)c1. The van der Waals surface area contributed by atoms with Gasteiger partial charge in [-0.3, -0.25) is 0 Å². The molecule has 0 aliphatic heterocycles. The van der Waals surface area contributed by atoms with Crippen LogP contribution in [-0.2, 0) is 4.74 Å². The van der Waals surface area contributed by atoms with Crippen molar-refractivity contribution in [3.05, 3.63) is 29.8 Å². The number of ether oxygens (including phenoxy) is 2. The molecule has 19 heavy (non-hydrogen) atoms. The zero-order chi connectivity index (χ0) is 13.9. The highest BCUT2D eigenvalue weighted by Gasteiger charge is 2.31. The summed E-state index contributed by atoms with van der Waals surface area (Å²) in [4.78, 5) is 0. The lowest BCUT2D eigenvalue weighted by atomic mass is 9.91. The van der Waals surface area contributed by atoms with Crippen molar-refractivity contribution < 1.29 is 9.47 Å². The number of rotatable bonds is 7. The highest BCUT2D eigenvalue weighted by molar-refractivity contribution is 5.32. The van der Waals surface area contributed by atoms with Crippen LogP contribution in [0, 0.1) is 0 Å². The van der Waals surface area contributed by atoms with E-state index in [1.807, 2.05) is 20.0 Å². The molecule has 1 unspecified atom stereocenters. The molecule has 2 rings (SSSR count). The number of nitrogens with one attached hydrogen (secondary N) is 1. The van der Waals surface area contributed by atoms with E-state index in [-0.39, 0.29) is 11.6 Å². The van der Waals surface area contributed by atoms with E-state index in [2.05, 4.69) is 37.4 Å². The average Bonchev–Trinajstić information content (AvgIpc) is 3.14. The molecule has 1 aromatic rings. The molecule has 0 bridgehead atoms. The Morgan fingerprint density at radius 1 is 1.37 bits per heavy atom. The van der Waals surface area contributed by atoms with Gasteiger partial charge >= 0.3 is 0 Å². The summed E-state index contributed by atoms with van der Waals surface area (Å²) in [5.74, 6) is 0.965. The number of likely N-dealkylation sites (N-methyl/N-ethyl adjacent to an activating group) is 1. The van der Waals surface area contributed by atoms with Crippen LogP contribution < -0.4 is 10.1 Å². The van der Waals surface area contributed by atoms with Crippen molar-refractivity contribution in [2.75, 3.05) is 13.7 Å². The van der Waals surface area contributed by atoms with Gasteiger partial charge in [0.25, 0.3) is 0 Å². The summed E-state index contributed by atoms with van der Waals surface area (Å²) in [6, 6.07) is 8.49. The fraction of sp³-hybridized carbons (Fsp3) is 0.625. The predicted octanol–water partition coefficient (Wildman–Crippen LogP) is 3.30. The van der Waals surface area contributed by atoms with Gasteiger partial charge in [0.1, 0.15) is 5.75 Å². The van der Waals surface area contributed by atoms with Gasteiger partial charge in [-0.25, -0.2) is 0 Å². The van der Waals surface area contributed by atoms with Crippen LogP contribution in [0.25, 0.3) is 0 Å². The highest BCUT2D eigenvalue weighted by Crippen LogP contribution is 2.32. The first-order chi connectivity index (χ1) is 9.06. The third-order valence-corrected chi connectivity index (χ3v) is 3.52. The van der Waals surface area contributed by atoms with Crippen molar-refractivity contribution in [1.82, 2.24) is 5.32 Å². The molecule has 1 saturated carbocycles. The van der Waals surface area contributed by atoms with Crippen molar-refractivity contribution >= 4 is 0 Å². The van der Waals surface area contributed by atoms with Crippen LogP contribution in [0.1, 0.15) is 45.2 Å². The lowest BCUT2D eigenvalue weighted by Crippen LogP contribution is -2.40. The van der Waals surface area contributed by atoms with Crippen LogP contribution in [0.4, 0.5) is 0 Å². The fourth-order valence-corrected chi connectivity index (χ4v) is 2.52. The first kappa shape index (κ1) is 14.4. The van der Waals surface area contributed by atoms with Crippen LogP contribution in [0.2, 0.25) is 0 Å². The molecule has 1 fully saturated rings. The van der Waals surface area contributed by atoms with Crippen LogP contribution in [0.3, 0.4) is 0 Å². The zero-order valence-electron chi connectivity index (χ0n) is 12.4. The van der Waals surface area contributed by atoms with Gasteiger partial charge in [0, 0.05) is 6.61 Å². The molecule has 3 nitrogen and oxygen atoms in total. The Kier molecular flexibility index (Phi) is 4.48. The summed E-state index contributed by atoms with van der Waals surface area (Å²) in [5.41, 5.74) is 0.959. The Balaban J connectivity index is 2.16.